The smallest absolute Gasteiger partial charge is 0.339 e. The monoisotopic (exact) mass is 317 g/mol. The Morgan fingerprint density at radius 2 is 2.00 bits per heavy atom. The van der Waals surface area contributed by atoms with Gasteiger partial charge in [0, 0.05) is 11.7 Å². The molecule has 1 aliphatic rings. The average Bonchev–Trinajstić information content (AvgIpc) is 2.42. The van der Waals surface area contributed by atoms with Gasteiger partial charge in [-0.1, -0.05) is 11.6 Å². The van der Waals surface area contributed by atoms with Crippen LogP contribution in [-0.4, -0.2) is 39.0 Å². The van der Waals surface area contributed by atoms with E-state index in [1.165, 1.54) is 7.11 Å². The number of anilines is 1. The Morgan fingerprint density at radius 3 is 2.60 bits per heavy atom. The second-order valence-corrected chi connectivity index (χ2v) is 7.47. The highest BCUT2D eigenvalue weighted by Crippen LogP contribution is 2.24. The summed E-state index contributed by atoms with van der Waals surface area (Å²) in [5, 5.41) is 3.56. The molecule has 0 saturated carbocycles. The summed E-state index contributed by atoms with van der Waals surface area (Å²) in [7, 11) is -1.58. The van der Waals surface area contributed by atoms with Crippen LogP contribution >= 0.6 is 11.6 Å². The number of methoxy groups -OCH3 is 1. The van der Waals surface area contributed by atoms with Gasteiger partial charge in [-0.2, -0.15) is 0 Å². The summed E-state index contributed by atoms with van der Waals surface area (Å²) < 4.78 is 27.4. The van der Waals surface area contributed by atoms with Crippen LogP contribution in [0, 0.1) is 0 Å². The molecule has 0 bridgehead atoms. The fourth-order valence-electron chi connectivity index (χ4n) is 2.15. The van der Waals surface area contributed by atoms with Crippen molar-refractivity contribution in [1.29, 1.82) is 0 Å². The molecular weight excluding hydrogens is 302 g/mol. The molecule has 5 nitrogen and oxygen atoms in total. The SMILES string of the molecule is COC(=O)c1cc(NC2CCS(=O)(=O)CC2)ccc1Cl. The van der Waals surface area contributed by atoms with Gasteiger partial charge in [0.15, 0.2) is 0 Å². The highest BCUT2D eigenvalue weighted by molar-refractivity contribution is 7.91. The third-order valence-electron chi connectivity index (χ3n) is 3.30. The number of nitrogens with one attached hydrogen (secondary N) is 1. The lowest BCUT2D eigenvalue weighted by molar-refractivity contribution is 0.0601. The van der Waals surface area contributed by atoms with Crippen LogP contribution in [0.4, 0.5) is 5.69 Å². The molecule has 20 heavy (non-hydrogen) atoms. The molecule has 0 amide bonds. The van der Waals surface area contributed by atoms with Crippen molar-refractivity contribution in [3.8, 4) is 0 Å². The number of hydrogen-bond acceptors (Lipinski definition) is 5. The minimum absolute atomic E-state index is 0.0881. The maximum Gasteiger partial charge on any atom is 0.339 e. The molecule has 7 heteroatoms. The van der Waals surface area contributed by atoms with E-state index in [0.29, 0.717) is 23.4 Å². The van der Waals surface area contributed by atoms with Crippen LogP contribution in [0.2, 0.25) is 5.02 Å². The Labute approximate surface area is 123 Å². The van der Waals surface area contributed by atoms with Crippen molar-refractivity contribution in [3.63, 3.8) is 0 Å². The molecule has 0 radical (unpaired) electrons. The van der Waals surface area contributed by atoms with E-state index in [1.54, 1.807) is 18.2 Å². The van der Waals surface area contributed by atoms with Gasteiger partial charge in [0.2, 0.25) is 0 Å². The largest absolute Gasteiger partial charge is 0.465 e. The van der Waals surface area contributed by atoms with E-state index in [0.717, 1.165) is 5.69 Å². The van der Waals surface area contributed by atoms with E-state index >= 15 is 0 Å². The maximum atomic E-state index is 11.6. The van der Waals surface area contributed by atoms with Gasteiger partial charge in [0.25, 0.3) is 0 Å². The Balaban J connectivity index is 2.09. The molecule has 1 aliphatic heterocycles. The maximum absolute atomic E-state index is 11.6. The van der Waals surface area contributed by atoms with Gasteiger partial charge in [-0.3, -0.25) is 0 Å². The number of ether oxygens (including phenoxy) is 1. The molecular formula is C13H16ClNO4S. The van der Waals surface area contributed by atoms with Crippen molar-refractivity contribution in [2.24, 2.45) is 0 Å². The van der Waals surface area contributed by atoms with Crippen LogP contribution in [0.15, 0.2) is 18.2 Å². The minimum atomic E-state index is -2.88. The van der Waals surface area contributed by atoms with Gasteiger partial charge in [-0.05, 0) is 31.0 Å². The molecule has 1 fully saturated rings. The number of sulfone groups is 1. The minimum Gasteiger partial charge on any atom is -0.465 e. The van der Waals surface area contributed by atoms with Gasteiger partial charge in [-0.25, -0.2) is 13.2 Å². The van der Waals surface area contributed by atoms with E-state index in [4.69, 9.17) is 11.6 Å². The summed E-state index contributed by atoms with van der Waals surface area (Å²) in [6, 6.07) is 5.09. The first-order valence-corrected chi connectivity index (χ1v) is 8.46. The normalized spacial score (nSPS) is 18.5. The molecule has 0 spiro atoms. The summed E-state index contributed by atoms with van der Waals surface area (Å²) in [5.74, 6) is -0.102. The summed E-state index contributed by atoms with van der Waals surface area (Å²) in [5.41, 5.74) is 1.03. The van der Waals surface area contributed by atoms with Crippen LogP contribution in [0.5, 0.6) is 0 Å². The quantitative estimate of drug-likeness (QED) is 0.864. The third kappa shape index (κ3) is 3.64. The van der Waals surface area contributed by atoms with Gasteiger partial charge >= 0.3 is 5.97 Å². The molecule has 1 aromatic carbocycles. The first kappa shape index (κ1) is 15.1. The van der Waals surface area contributed by atoms with Crippen molar-refractivity contribution >= 4 is 33.1 Å². The lowest BCUT2D eigenvalue weighted by atomic mass is 10.1. The first-order chi connectivity index (χ1) is 9.41. The summed E-state index contributed by atoms with van der Waals surface area (Å²) in [6.07, 6.45) is 1.14. The second kappa shape index (κ2) is 6.01. The van der Waals surface area contributed by atoms with Crippen LogP contribution in [0.25, 0.3) is 0 Å². The molecule has 0 aromatic heterocycles. The Hall–Kier alpha value is -1.27. The zero-order valence-corrected chi connectivity index (χ0v) is 12.6. The fourth-order valence-corrected chi connectivity index (χ4v) is 3.84. The van der Waals surface area contributed by atoms with E-state index in [-0.39, 0.29) is 17.5 Å². The van der Waals surface area contributed by atoms with Gasteiger partial charge < -0.3 is 10.1 Å². The Kier molecular flexibility index (Phi) is 4.55. The third-order valence-corrected chi connectivity index (χ3v) is 5.34. The Bertz CT molecular complexity index is 601. The zero-order chi connectivity index (χ0) is 14.8. The molecule has 2 rings (SSSR count). The number of benzene rings is 1. The summed E-state index contributed by atoms with van der Waals surface area (Å²) in [4.78, 5) is 11.6. The van der Waals surface area contributed by atoms with Crippen molar-refractivity contribution < 1.29 is 17.9 Å². The van der Waals surface area contributed by atoms with Crippen molar-refractivity contribution in [1.82, 2.24) is 0 Å². The second-order valence-electron chi connectivity index (χ2n) is 4.76. The highest BCUT2D eigenvalue weighted by Gasteiger charge is 2.23. The zero-order valence-electron chi connectivity index (χ0n) is 11.1. The molecule has 0 atom stereocenters. The van der Waals surface area contributed by atoms with Gasteiger partial charge in [0.05, 0.1) is 29.2 Å². The number of carbonyl (C=O) groups is 1. The molecule has 0 unspecified atom stereocenters. The van der Waals surface area contributed by atoms with Gasteiger partial charge in [-0.15, -0.1) is 0 Å². The fraction of sp³-hybridized carbons (Fsp3) is 0.462. The Morgan fingerprint density at radius 1 is 1.35 bits per heavy atom. The van der Waals surface area contributed by atoms with E-state index in [1.807, 2.05) is 0 Å². The van der Waals surface area contributed by atoms with E-state index in [2.05, 4.69) is 10.1 Å². The van der Waals surface area contributed by atoms with E-state index < -0.39 is 15.8 Å². The van der Waals surface area contributed by atoms with E-state index in [9.17, 15) is 13.2 Å². The average molecular weight is 318 g/mol. The lowest BCUT2D eigenvalue weighted by Gasteiger charge is -2.24. The number of halogens is 1. The van der Waals surface area contributed by atoms with Crippen LogP contribution in [-0.2, 0) is 14.6 Å². The topological polar surface area (TPSA) is 72.5 Å². The number of carbonyl (C=O) groups excluding carboxylic acids is 1. The van der Waals surface area contributed by atoms with Crippen molar-refractivity contribution in [2.45, 2.75) is 18.9 Å². The first-order valence-electron chi connectivity index (χ1n) is 6.26. The summed E-state index contributed by atoms with van der Waals surface area (Å²) >= 11 is 5.94. The molecule has 0 aliphatic carbocycles. The number of hydrogen-bond donors (Lipinski definition) is 1. The van der Waals surface area contributed by atoms with Crippen LogP contribution in [0.3, 0.4) is 0 Å². The molecule has 1 N–H and O–H groups in total. The standard InChI is InChI=1S/C13H16ClNO4S/c1-19-13(16)11-8-10(2-3-12(11)14)15-9-4-6-20(17,18)7-5-9/h2-3,8-9,15H,4-7H2,1H3. The van der Waals surface area contributed by atoms with Crippen LogP contribution < -0.4 is 5.32 Å². The number of rotatable bonds is 3. The molecule has 1 aromatic rings. The van der Waals surface area contributed by atoms with Gasteiger partial charge in [0.1, 0.15) is 9.84 Å². The number of esters is 1. The predicted molar refractivity (Wildman–Crippen MR) is 78.1 cm³/mol. The van der Waals surface area contributed by atoms with Crippen LogP contribution in [0.1, 0.15) is 23.2 Å². The predicted octanol–water partition coefficient (Wildman–Crippen LogP) is 2.12. The van der Waals surface area contributed by atoms with Crippen molar-refractivity contribution in [2.75, 3.05) is 23.9 Å². The molecule has 1 saturated heterocycles. The molecule has 1 heterocycles. The molecule has 110 valence electrons. The highest BCUT2D eigenvalue weighted by atomic mass is 35.5. The summed E-state index contributed by atoms with van der Waals surface area (Å²) in [6.45, 7) is 0. The van der Waals surface area contributed by atoms with Crippen molar-refractivity contribution in [3.05, 3.63) is 28.8 Å². The lowest BCUT2D eigenvalue weighted by Crippen LogP contribution is -2.32.